The molecule has 0 N–H and O–H groups in total. The monoisotopic (exact) mass is 418 g/mol. The van der Waals surface area contributed by atoms with Crippen molar-refractivity contribution in [2.45, 2.75) is 51.4 Å². The SMILES string of the molecule is CC(C)(C)[Si](C)(C)OC1Cc2ccccc2/C1=C(\c1ccccc1)c1ccsc1. The molecule has 4 rings (SSSR count). The molecule has 1 nitrogen and oxygen atoms in total. The fraction of sp³-hybridized carbons (Fsp3) is 0.308. The van der Waals surface area contributed by atoms with Gasteiger partial charge in [-0.05, 0) is 68.4 Å². The number of benzene rings is 2. The second-order valence-corrected chi connectivity index (χ2v) is 14.9. The summed E-state index contributed by atoms with van der Waals surface area (Å²) >= 11 is 1.76. The third kappa shape index (κ3) is 3.92. The molecule has 0 saturated carbocycles. The Labute approximate surface area is 180 Å². The minimum absolute atomic E-state index is 0.100. The molecular formula is C26H30OSSi. The molecule has 150 valence electrons. The van der Waals surface area contributed by atoms with E-state index < -0.39 is 8.32 Å². The van der Waals surface area contributed by atoms with E-state index in [1.165, 1.54) is 33.4 Å². The molecule has 0 saturated heterocycles. The fourth-order valence-electron chi connectivity index (χ4n) is 3.85. The van der Waals surface area contributed by atoms with E-state index in [4.69, 9.17) is 4.43 Å². The molecular weight excluding hydrogens is 388 g/mol. The van der Waals surface area contributed by atoms with Gasteiger partial charge in [0.15, 0.2) is 8.32 Å². The predicted octanol–water partition coefficient (Wildman–Crippen LogP) is 7.65. The fourth-order valence-corrected chi connectivity index (χ4v) is 5.77. The molecule has 29 heavy (non-hydrogen) atoms. The Morgan fingerprint density at radius 2 is 1.62 bits per heavy atom. The quantitative estimate of drug-likeness (QED) is 0.395. The summed E-state index contributed by atoms with van der Waals surface area (Å²) in [5.41, 5.74) is 7.98. The highest BCUT2D eigenvalue weighted by atomic mass is 32.1. The molecule has 3 heteroatoms. The lowest BCUT2D eigenvalue weighted by atomic mass is 9.91. The van der Waals surface area contributed by atoms with Crippen molar-refractivity contribution in [3.05, 3.63) is 93.7 Å². The molecule has 0 radical (unpaired) electrons. The van der Waals surface area contributed by atoms with Crippen LogP contribution in [0.15, 0.2) is 71.4 Å². The highest BCUT2D eigenvalue weighted by Gasteiger charge is 2.42. The molecule has 1 aromatic heterocycles. The number of hydrogen-bond acceptors (Lipinski definition) is 2. The molecule has 0 amide bonds. The molecule has 1 heterocycles. The molecule has 1 atom stereocenters. The third-order valence-corrected chi connectivity index (χ3v) is 11.6. The van der Waals surface area contributed by atoms with Gasteiger partial charge in [-0.2, -0.15) is 11.3 Å². The lowest BCUT2D eigenvalue weighted by molar-refractivity contribution is 0.239. The van der Waals surface area contributed by atoms with E-state index >= 15 is 0 Å². The summed E-state index contributed by atoms with van der Waals surface area (Å²) in [4.78, 5) is 0. The van der Waals surface area contributed by atoms with Crippen LogP contribution in [0.3, 0.4) is 0 Å². The van der Waals surface area contributed by atoms with Gasteiger partial charge in [-0.3, -0.25) is 0 Å². The molecule has 1 aliphatic carbocycles. The predicted molar refractivity (Wildman–Crippen MR) is 129 cm³/mol. The van der Waals surface area contributed by atoms with E-state index in [1.54, 1.807) is 11.3 Å². The average molecular weight is 419 g/mol. The van der Waals surface area contributed by atoms with Crippen molar-refractivity contribution in [2.75, 3.05) is 0 Å². The van der Waals surface area contributed by atoms with E-state index in [0.717, 1.165) is 6.42 Å². The number of fused-ring (bicyclic) bond motifs is 1. The van der Waals surface area contributed by atoms with Crippen molar-refractivity contribution in [2.24, 2.45) is 0 Å². The van der Waals surface area contributed by atoms with E-state index in [0.29, 0.717) is 0 Å². The summed E-state index contributed by atoms with van der Waals surface area (Å²) in [6, 6.07) is 21.9. The summed E-state index contributed by atoms with van der Waals surface area (Å²) in [5, 5.41) is 4.62. The molecule has 0 bridgehead atoms. The summed E-state index contributed by atoms with van der Waals surface area (Å²) in [6.07, 6.45) is 1.06. The molecule has 1 unspecified atom stereocenters. The van der Waals surface area contributed by atoms with E-state index in [1.807, 2.05) is 0 Å². The molecule has 3 aromatic rings. The van der Waals surface area contributed by atoms with Crippen LogP contribution in [-0.2, 0) is 10.8 Å². The van der Waals surface area contributed by atoms with Crippen LogP contribution < -0.4 is 0 Å². The van der Waals surface area contributed by atoms with Crippen molar-refractivity contribution in [1.29, 1.82) is 0 Å². The summed E-state index contributed by atoms with van der Waals surface area (Å²) < 4.78 is 7.04. The van der Waals surface area contributed by atoms with Crippen molar-refractivity contribution in [3.63, 3.8) is 0 Å². The topological polar surface area (TPSA) is 9.23 Å². The van der Waals surface area contributed by atoms with Gasteiger partial charge in [0.05, 0.1) is 6.10 Å². The second kappa shape index (κ2) is 7.71. The Bertz CT molecular complexity index is 1010. The first kappa shape index (κ1) is 20.3. The van der Waals surface area contributed by atoms with Crippen LogP contribution in [-0.4, -0.2) is 14.4 Å². The van der Waals surface area contributed by atoms with Crippen LogP contribution in [0.4, 0.5) is 0 Å². The van der Waals surface area contributed by atoms with Gasteiger partial charge in [0.1, 0.15) is 0 Å². The first-order valence-corrected chi connectivity index (χ1v) is 14.2. The van der Waals surface area contributed by atoms with Crippen molar-refractivity contribution < 1.29 is 4.43 Å². The van der Waals surface area contributed by atoms with Gasteiger partial charge < -0.3 is 4.43 Å². The molecule has 0 aliphatic heterocycles. The Hall–Kier alpha value is -1.94. The van der Waals surface area contributed by atoms with Crippen LogP contribution in [0, 0.1) is 0 Å². The average Bonchev–Trinajstić information content (AvgIpc) is 3.31. The standard InChI is InChI=1S/C26H30OSSi/c1-26(2,3)29(4,5)27-23-17-20-13-9-10-14-22(20)25(23)24(21-15-16-28-18-21)19-11-7-6-8-12-19/h6-16,18,23H,17H2,1-5H3/b25-24-. The number of thiophene rings is 1. The number of rotatable bonds is 4. The van der Waals surface area contributed by atoms with Gasteiger partial charge in [-0.15, -0.1) is 0 Å². The van der Waals surface area contributed by atoms with Gasteiger partial charge in [-0.1, -0.05) is 75.4 Å². The lowest BCUT2D eigenvalue weighted by Crippen LogP contribution is -2.44. The minimum Gasteiger partial charge on any atom is -0.410 e. The Morgan fingerprint density at radius 1 is 0.931 bits per heavy atom. The van der Waals surface area contributed by atoms with Gasteiger partial charge in [0.25, 0.3) is 0 Å². The molecule has 2 aromatic carbocycles. The minimum atomic E-state index is -1.91. The van der Waals surface area contributed by atoms with Crippen LogP contribution in [0.1, 0.15) is 43.0 Å². The largest absolute Gasteiger partial charge is 0.410 e. The van der Waals surface area contributed by atoms with Gasteiger partial charge >= 0.3 is 0 Å². The van der Waals surface area contributed by atoms with E-state index in [-0.39, 0.29) is 11.1 Å². The summed E-state index contributed by atoms with van der Waals surface area (Å²) in [5.74, 6) is 0. The number of hydrogen-bond donors (Lipinski definition) is 0. The second-order valence-electron chi connectivity index (χ2n) is 9.39. The Morgan fingerprint density at radius 3 is 2.28 bits per heavy atom. The van der Waals surface area contributed by atoms with Crippen LogP contribution >= 0.6 is 11.3 Å². The molecule has 0 spiro atoms. The smallest absolute Gasteiger partial charge is 0.192 e. The molecule has 1 aliphatic rings. The summed E-state index contributed by atoms with van der Waals surface area (Å²) in [7, 11) is -1.91. The Kier molecular flexibility index (Phi) is 5.41. The first-order valence-electron chi connectivity index (χ1n) is 10.4. The lowest BCUT2D eigenvalue weighted by Gasteiger charge is -2.39. The molecule has 0 fully saturated rings. The zero-order valence-electron chi connectivity index (χ0n) is 18.0. The van der Waals surface area contributed by atoms with Gasteiger partial charge in [-0.25, -0.2) is 0 Å². The van der Waals surface area contributed by atoms with E-state index in [9.17, 15) is 0 Å². The zero-order valence-corrected chi connectivity index (χ0v) is 19.8. The van der Waals surface area contributed by atoms with E-state index in [2.05, 4.69) is 105 Å². The van der Waals surface area contributed by atoms with Crippen LogP contribution in [0.2, 0.25) is 18.1 Å². The first-order chi connectivity index (χ1) is 13.8. The van der Waals surface area contributed by atoms with Crippen molar-refractivity contribution >= 4 is 30.8 Å². The highest BCUT2D eigenvalue weighted by Crippen LogP contribution is 2.46. The highest BCUT2D eigenvalue weighted by molar-refractivity contribution is 7.08. The van der Waals surface area contributed by atoms with Crippen LogP contribution in [0.5, 0.6) is 0 Å². The van der Waals surface area contributed by atoms with Gasteiger partial charge in [0.2, 0.25) is 0 Å². The Balaban J connectivity index is 1.94. The maximum absolute atomic E-state index is 7.04. The van der Waals surface area contributed by atoms with Gasteiger partial charge in [0, 0.05) is 6.42 Å². The van der Waals surface area contributed by atoms with Crippen molar-refractivity contribution in [1.82, 2.24) is 0 Å². The normalized spacial score (nSPS) is 18.6. The maximum Gasteiger partial charge on any atom is 0.192 e. The van der Waals surface area contributed by atoms with Crippen molar-refractivity contribution in [3.8, 4) is 0 Å². The maximum atomic E-state index is 7.04. The zero-order chi connectivity index (χ0) is 20.6. The third-order valence-electron chi connectivity index (χ3n) is 6.42. The summed E-state index contributed by atoms with van der Waals surface area (Å²) in [6.45, 7) is 11.7. The van der Waals surface area contributed by atoms with Crippen LogP contribution in [0.25, 0.3) is 11.1 Å².